The molecule has 1 aromatic carbocycles. The molecule has 2 rings (SSSR count). The molecule has 0 bridgehead atoms. The predicted molar refractivity (Wildman–Crippen MR) is 87.1 cm³/mol. The van der Waals surface area contributed by atoms with Gasteiger partial charge in [-0.25, -0.2) is 4.98 Å². The number of nitrogens with zero attached hydrogens (tertiary/aromatic N) is 1. The molecule has 0 spiro atoms. The third kappa shape index (κ3) is 4.43. The fraction of sp³-hybridized carbons (Fsp3) is 0.471. The van der Waals surface area contributed by atoms with Crippen molar-refractivity contribution in [2.75, 3.05) is 0 Å². The van der Waals surface area contributed by atoms with Gasteiger partial charge in [0.1, 0.15) is 0 Å². The number of nitrogens with one attached hydrogen (secondary N) is 1. The molecular weight excluding hydrogens is 264 g/mol. The van der Waals surface area contributed by atoms with Crippen molar-refractivity contribution in [2.24, 2.45) is 5.92 Å². The molecule has 0 aliphatic heterocycles. The SMILES string of the molecule is Cc1nc(CNC(C)c2ccc(CC(C)C)cc2)cs1. The number of hydrogen-bond donors (Lipinski definition) is 1. The molecule has 1 N–H and O–H groups in total. The summed E-state index contributed by atoms with van der Waals surface area (Å²) in [6.45, 7) is 9.60. The van der Waals surface area contributed by atoms with Crippen LogP contribution in [-0.4, -0.2) is 4.98 Å². The Morgan fingerprint density at radius 2 is 1.85 bits per heavy atom. The van der Waals surface area contributed by atoms with Crippen LogP contribution in [-0.2, 0) is 13.0 Å². The average molecular weight is 288 g/mol. The fourth-order valence-electron chi connectivity index (χ4n) is 2.28. The second-order valence-electron chi connectivity index (χ2n) is 5.80. The Balaban J connectivity index is 1.90. The average Bonchev–Trinajstić information content (AvgIpc) is 2.82. The van der Waals surface area contributed by atoms with E-state index in [0.717, 1.165) is 23.7 Å². The Kier molecular flexibility index (Phi) is 5.32. The van der Waals surface area contributed by atoms with Crippen molar-refractivity contribution in [3.8, 4) is 0 Å². The summed E-state index contributed by atoms with van der Waals surface area (Å²) >= 11 is 1.71. The second kappa shape index (κ2) is 7.00. The summed E-state index contributed by atoms with van der Waals surface area (Å²) in [6, 6.07) is 9.33. The van der Waals surface area contributed by atoms with Crippen molar-refractivity contribution in [1.82, 2.24) is 10.3 Å². The minimum atomic E-state index is 0.352. The molecule has 108 valence electrons. The quantitative estimate of drug-likeness (QED) is 0.846. The van der Waals surface area contributed by atoms with Crippen molar-refractivity contribution in [3.63, 3.8) is 0 Å². The number of aromatic nitrogens is 1. The molecule has 20 heavy (non-hydrogen) atoms. The first-order valence-corrected chi connectivity index (χ1v) is 8.16. The van der Waals surface area contributed by atoms with Crippen LogP contribution in [0, 0.1) is 12.8 Å². The van der Waals surface area contributed by atoms with Crippen LogP contribution in [0.15, 0.2) is 29.6 Å². The zero-order chi connectivity index (χ0) is 14.5. The van der Waals surface area contributed by atoms with Crippen LogP contribution in [0.2, 0.25) is 0 Å². The molecule has 0 fully saturated rings. The van der Waals surface area contributed by atoms with E-state index in [0.29, 0.717) is 12.0 Å². The number of thiazole rings is 1. The van der Waals surface area contributed by atoms with E-state index >= 15 is 0 Å². The van der Waals surface area contributed by atoms with Crippen LogP contribution in [0.3, 0.4) is 0 Å². The molecule has 0 radical (unpaired) electrons. The molecule has 2 nitrogen and oxygen atoms in total. The van der Waals surface area contributed by atoms with E-state index in [9.17, 15) is 0 Å². The summed E-state index contributed by atoms with van der Waals surface area (Å²) in [7, 11) is 0. The largest absolute Gasteiger partial charge is 0.305 e. The van der Waals surface area contributed by atoms with E-state index in [1.807, 2.05) is 6.92 Å². The number of hydrogen-bond acceptors (Lipinski definition) is 3. The van der Waals surface area contributed by atoms with Gasteiger partial charge in [-0.2, -0.15) is 0 Å². The lowest BCUT2D eigenvalue weighted by molar-refractivity contribution is 0.568. The van der Waals surface area contributed by atoms with E-state index < -0.39 is 0 Å². The Bertz CT molecular complexity index is 528. The first-order valence-electron chi connectivity index (χ1n) is 7.28. The molecule has 0 aliphatic carbocycles. The van der Waals surface area contributed by atoms with Gasteiger partial charge >= 0.3 is 0 Å². The van der Waals surface area contributed by atoms with Crippen molar-refractivity contribution in [2.45, 2.75) is 46.7 Å². The van der Waals surface area contributed by atoms with Gasteiger partial charge in [0, 0.05) is 18.0 Å². The number of aryl methyl sites for hydroxylation is 1. The van der Waals surface area contributed by atoms with Gasteiger partial charge in [0.25, 0.3) is 0 Å². The lowest BCUT2D eigenvalue weighted by atomic mass is 10.00. The summed E-state index contributed by atoms with van der Waals surface area (Å²) in [5.41, 5.74) is 3.89. The van der Waals surface area contributed by atoms with Gasteiger partial charge in [0.05, 0.1) is 10.7 Å². The van der Waals surface area contributed by atoms with Gasteiger partial charge in [0.15, 0.2) is 0 Å². The third-order valence-corrected chi connectivity index (χ3v) is 4.20. The van der Waals surface area contributed by atoms with Crippen LogP contribution < -0.4 is 5.32 Å². The minimum Gasteiger partial charge on any atom is -0.305 e. The monoisotopic (exact) mass is 288 g/mol. The van der Waals surface area contributed by atoms with Crippen molar-refractivity contribution < 1.29 is 0 Å². The first kappa shape index (κ1) is 15.2. The third-order valence-electron chi connectivity index (χ3n) is 3.38. The van der Waals surface area contributed by atoms with Gasteiger partial charge in [-0.3, -0.25) is 0 Å². The molecule has 0 saturated heterocycles. The van der Waals surface area contributed by atoms with Gasteiger partial charge < -0.3 is 5.32 Å². The molecule has 2 aromatic rings. The lowest BCUT2D eigenvalue weighted by Gasteiger charge is -2.14. The maximum absolute atomic E-state index is 4.48. The zero-order valence-electron chi connectivity index (χ0n) is 12.8. The minimum absolute atomic E-state index is 0.352. The maximum atomic E-state index is 4.48. The lowest BCUT2D eigenvalue weighted by Crippen LogP contribution is -2.18. The highest BCUT2D eigenvalue weighted by Crippen LogP contribution is 2.16. The van der Waals surface area contributed by atoms with E-state index in [-0.39, 0.29) is 0 Å². The molecule has 3 heteroatoms. The molecule has 1 heterocycles. The van der Waals surface area contributed by atoms with E-state index in [2.05, 4.69) is 60.7 Å². The molecule has 0 amide bonds. The van der Waals surface area contributed by atoms with E-state index in [1.165, 1.54) is 11.1 Å². The Morgan fingerprint density at radius 1 is 1.15 bits per heavy atom. The van der Waals surface area contributed by atoms with Gasteiger partial charge in [-0.1, -0.05) is 38.1 Å². The normalized spacial score (nSPS) is 12.8. The molecular formula is C17H24N2S. The van der Waals surface area contributed by atoms with E-state index in [4.69, 9.17) is 0 Å². The Hall–Kier alpha value is -1.19. The fourth-order valence-corrected chi connectivity index (χ4v) is 2.89. The predicted octanol–water partition coefficient (Wildman–Crippen LogP) is 4.50. The summed E-state index contributed by atoms with van der Waals surface area (Å²) in [5.74, 6) is 0.712. The molecule has 1 unspecified atom stereocenters. The summed E-state index contributed by atoms with van der Waals surface area (Å²) < 4.78 is 0. The molecule has 1 aromatic heterocycles. The maximum Gasteiger partial charge on any atom is 0.0897 e. The molecule has 0 aliphatic rings. The molecule has 1 atom stereocenters. The summed E-state index contributed by atoms with van der Waals surface area (Å²) in [6.07, 6.45) is 1.15. The summed E-state index contributed by atoms with van der Waals surface area (Å²) in [4.78, 5) is 4.48. The van der Waals surface area contributed by atoms with E-state index in [1.54, 1.807) is 11.3 Å². The Morgan fingerprint density at radius 3 is 2.40 bits per heavy atom. The van der Waals surface area contributed by atoms with Crippen LogP contribution in [0.25, 0.3) is 0 Å². The van der Waals surface area contributed by atoms with Gasteiger partial charge in [-0.05, 0) is 37.3 Å². The van der Waals surface area contributed by atoms with Crippen molar-refractivity contribution in [3.05, 3.63) is 51.5 Å². The van der Waals surface area contributed by atoms with Crippen molar-refractivity contribution in [1.29, 1.82) is 0 Å². The number of rotatable bonds is 6. The highest BCUT2D eigenvalue weighted by molar-refractivity contribution is 7.09. The Labute approximate surface area is 126 Å². The summed E-state index contributed by atoms with van der Waals surface area (Å²) in [5, 5.41) is 6.79. The van der Waals surface area contributed by atoms with Gasteiger partial charge in [-0.15, -0.1) is 11.3 Å². The van der Waals surface area contributed by atoms with Crippen LogP contribution >= 0.6 is 11.3 Å². The van der Waals surface area contributed by atoms with Crippen molar-refractivity contribution >= 4 is 11.3 Å². The first-order chi connectivity index (χ1) is 9.54. The number of benzene rings is 1. The smallest absolute Gasteiger partial charge is 0.0897 e. The highest BCUT2D eigenvalue weighted by atomic mass is 32.1. The van der Waals surface area contributed by atoms with Crippen LogP contribution in [0.5, 0.6) is 0 Å². The molecule has 0 saturated carbocycles. The standard InChI is InChI=1S/C17H24N2S/c1-12(2)9-15-5-7-16(8-6-15)13(3)18-10-17-11-20-14(4)19-17/h5-8,11-13,18H,9-10H2,1-4H3. The highest BCUT2D eigenvalue weighted by Gasteiger charge is 2.06. The zero-order valence-corrected chi connectivity index (χ0v) is 13.6. The second-order valence-corrected chi connectivity index (χ2v) is 6.86. The van der Waals surface area contributed by atoms with Crippen LogP contribution in [0.4, 0.5) is 0 Å². The van der Waals surface area contributed by atoms with Gasteiger partial charge in [0.2, 0.25) is 0 Å². The van der Waals surface area contributed by atoms with Crippen LogP contribution in [0.1, 0.15) is 48.6 Å². The topological polar surface area (TPSA) is 24.9 Å².